The Bertz CT molecular complexity index is 874. The van der Waals surface area contributed by atoms with Crippen molar-refractivity contribution in [2.75, 3.05) is 23.3 Å². The summed E-state index contributed by atoms with van der Waals surface area (Å²) in [6.45, 7) is 1.89. The first-order chi connectivity index (χ1) is 10.9. The number of anilines is 2. The molecule has 0 spiro atoms. The molecule has 4 heteroatoms. The molecule has 0 radical (unpaired) electrons. The van der Waals surface area contributed by atoms with Gasteiger partial charge < -0.3 is 10.2 Å². The van der Waals surface area contributed by atoms with Crippen molar-refractivity contribution < 1.29 is 0 Å². The molecule has 3 heterocycles. The number of para-hydroxylation sites is 2. The van der Waals surface area contributed by atoms with Gasteiger partial charge in [0.15, 0.2) is 11.6 Å². The highest BCUT2D eigenvalue weighted by molar-refractivity contribution is 5.81. The Morgan fingerprint density at radius 2 is 1.73 bits per heavy atom. The lowest BCUT2D eigenvalue weighted by Crippen LogP contribution is -2.43. The predicted molar refractivity (Wildman–Crippen MR) is 88.3 cm³/mol. The molecule has 1 N–H and O–H groups in total. The smallest absolute Gasteiger partial charge is 0.172 e. The summed E-state index contributed by atoms with van der Waals surface area (Å²) in [5, 5.41) is 3.48. The number of fused-ring (bicyclic) bond motifs is 6. The monoisotopic (exact) mass is 288 g/mol. The van der Waals surface area contributed by atoms with Gasteiger partial charge in [-0.05, 0) is 29.7 Å². The van der Waals surface area contributed by atoms with Crippen molar-refractivity contribution >= 4 is 22.7 Å². The van der Waals surface area contributed by atoms with Gasteiger partial charge in [0.25, 0.3) is 0 Å². The first-order valence-corrected chi connectivity index (χ1v) is 7.75. The third-order valence-corrected chi connectivity index (χ3v) is 4.70. The predicted octanol–water partition coefficient (Wildman–Crippen LogP) is 3.16. The Morgan fingerprint density at radius 3 is 2.64 bits per heavy atom. The summed E-state index contributed by atoms with van der Waals surface area (Å²) >= 11 is 0. The fourth-order valence-corrected chi connectivity index (χ4v) is 3.63. The van der Waals surface area contributed by atoms with Gasteiger partial charge in [-0.1, -0.05) is 36.4 Å². The number of nitrogens with one attached hydrogen (secondary N) is 1. The van der Waals surface area contributed by atoms with Crippen molar-refractivity contribution in [3.8, 4) is 0 Å². The highest BCUT2D eigenvalue weighted by atomic mass is 15.3. The minimum Gasteiger partial charge on any atom is -0.365 e. The average Bonchev–Trinajstić information content (AvgIpc) is 2.59. The van der Waals surface area contributed by atoms with Crippen LogP contribution in [0.5, 0.6) is 0 Å². The van der Waals surface area contributed by atoms with Crippen LogP contribution < -0.4 is 10.2 Å². The van der Waals surface area contributed by atoms with Gasteiger partial charge in [0.2, 0.25) is 0 Å². The van der Waals surface area contributed by atoms with Crippen molar-refractivity contribution in [1.29, 1.82) is 0 Å². The molecule has 1 aromatic heterocycles. The lowest BCUT2D eigenvalue weighted by molar-refractivity contribution is 0.582. The summed E-state index contributed by atoms with van der Waals surface area (Å²) in [6.07, 6.45) is 1.07. The highest BCUT2D eigenvalue weighted by Gasteiger charge is 2.33. The highest BCUT2D eigenvalue weighted by Crippen LogP contribution is 2.39. The fraction of sp³-hybridized carbons (Fsp3) is 0.222. The standard InChI is InChI=1S/C18H16N4/c1-2-6-13-12(5-1)9-10-22-16(13)11-19-17-18(22)21-15-8-4-3-7-14(15)20-17/h1-8,16H,9-11H2,(H,19,20)/t16-/m0/s1. The van der Waals surface area contributed by atoms with E-state index in [1.807, 2.05) is 24.3 Å². The van der Waals surface area contributed by atoms with Gasteiger partial charge in [-0.25, -0.2) is 9.97 Å². The number of nitrogens with zero attached hydrogens (tertiary/aromatic N) is 3. The summed E-state index contributed by atoms with van der Waals surface area (Å²) in [7, 11) is 0. The van der Waals surface area contributed by atoms with E-state index in [-0.39, 0.29) is 0 Å². The third kappa shape index (κ3) is 1.64. The zero-order valence-corrected chi connectivity index (χ0v) is 12.2. The molecule has 2 aliphatic heterocycles. The fourth-order valence-electron chi connectivity index (χ4n) is 3.63. The molecule has 0 bridgehead atoms. The molecule has 0 fully saturated rings. The van der Waals surface area contributed by atoms with Gasteiger partial charge in [0.1, 0.15) is 0 Å². The zero-order chi connectivity index (χ0) is 14.5. The summed E-state index contributed by atoms with van der Waals surface area (Å²) in [5.41, 5.74) is 4.79. The van der Waals surface area contributed by atoms with E-state index in [1.165, 1.54) is 11.1 Å². The van der Waals surface area contributed by atoms with Crippen LogP contribution in [0.1, 0.15) is 17.2 Å². The number of aromatic nitrogens is 2. The van der Waals surface area contributed by atoms with Crippen LogP contribution in [0.4, 0.5) is 11.6 Å². The van der Waals surface area contributed by atoms with E-state index in [2.05, 4.69) is 34.5 Å². The van der Waals surface area contributed by atoms with Crippen LogP contribution in [0.15, 0.2) is 48.5 Å². The Morgan fingerprint density at radius 1 is 0.955 bits per heavy atom. The molecule has 0 saturated carbocycles. The first kappa shape index (κ1) is 12.0. The zero-order valence-electron chi connectivity index (χ0n) is 12.2. The van der Waals surface area contributed by atoms with Gasteiger partial charge >= 0.3 is 0 Å². The quantitative estimate of drug-likeness (QED) is 0.690. The van der Waals surface area contributed by atoms with Crippen molar-refractivity contribution in [2.45, 2.75) is 12.5 Å². The number of hydrogen-bond acceptors (Lipinski definition) is 4. The molecule has 0 amide bonds. The molecule has 0 aliphatic carbocycles. The Kier molecular flexibility index (Phi) is 2.41. The van der Waals surface area contributed by atoms with E-state index >= 15 is 0 Å². The summed E-state index contributed by atoms with van der Waals surface area (Å²) < 4.78 is 0. The molecular formula is C18H16N4. The summed E-state index contributed by atoms with van der Waals surface area (Å²) in [6, 6.07) is 17.2. The van der Waals surface area contributed by atoms with E-state index in [0.717, 1.165) is 42.2 Å². The van der Waals surface area contributed by atoms with Crippen LogP contribution in [0, 0.1) is 0 Å². The second-order valence-electron chi connectivity index (χ2n) is 5.92. The molecule has 0 unspecified atom stereocenters. The van der Waals surface area contributed by atoms with E-state index in [4.69, 9.17) is 9.97 Å². The van der Waals surface area contributed by atoms with E-state index in [1.54, 1.807) is 0 Å². The van der Waals surface area contributed by atoms with Gasteiger partial charge in [-0.3, -0.25) is 0 Å². The number of benzene rings is 2. The number of rotatable bonds is 0. The van der Waals surface area contributed by atoms with Crippen molar-refractivity contribution in [3.05, 3.63) is 59.7 Å². The minimum atomic E-state index is 0.355. The molecule has 2 aliphatic rings. The third-order valence-electron chi connectivity index (χ3n) is 4.70. The largest absolute Gasteiger partial charge is 0.365 e. The van der Waals surface area contributed by atoms with E-state index in [9.17, 15) is 0 Å². The maximum atomic E-state index is 4.87. The molecule has 1 atom stereocenters. The molecular weight excluding hydrogens is 272 g/mol. The molecule has 3 aromatic rings. The maximum absolute atomic E-state index is 4.87. The van der Waals surface area contributed by atoms with Crippen LogP contribution >= 0.6 is 0 Å². The first-order valence-electron chi connectivity index (χ1n) is 7.75. The van der Waals surface area contributed by atoms with E-state index in [0.29, 0.717) is 6.04 Å². The van der Waals surface area contributed by atoms with Gasteiger partial charge in [-0.2, -0.15) is 0 Å². The number of hydrogen-bond donors (Lipinski definition) is 1. The van der Waals surface area contributed by atoms with Gasteiger partial charge in [0, 0.05) is 13.1 Å². The van der Waals surface area contributed by atoms with Gasteiger partial charge in [-0.15, -0.1) is 0 Å². The van der Waals surface area contributed by atoms with Crippen molar-refractivity contribution in [1.82, 2.24) is 9.97 Å². The second-order valence-corrected chi connectivity index (χ2v) is 5.92. The summed E-state index contributed by atoms with van der Waals surface area (Å²) in [5.74, 6) is 1.90. The SMILES string of the molecule is c1ccc2c(c1)CCN1c3nc4ccccc4nc3NC[C@@H]21. The molecule has 108 valence electrons. The molecule has 4 nitrogen and oxygen atoms in total. The van der Waals surface area contributed by atoms with E-state index < -0.39 is 0 Å². The molecule has 2 aromatic carbocycles. The van der Waals surface area contributed by atoms with Crippen LogP contribution in [-0.2, 0) is 6.42 Å². The second kappa shape index (κ2) is 4.44. The van der Waals surface area contributed by atoms with Crippen LogP contribution in [0.25, 0.3) is 11.0 Å². The van der Waals surface area contributed by atoms with Gasteiger partial charge in [0.05, 0.1) is 17.1 Å². The van der Waals surface area contributed by atoms with Crippen LogP contribution in [0.3, 0.4) is 0 Å². The van der Waals surface area contributed by atoms with Crippen LogP contribution in [-0.4, -0.2) is 23.1 Å². The molecule has 0 saturated heterocycles. The lowest BCUT2D eigenvalue weighted by atomic mass is 9.91. The van der Waals surface area contributed by atoms with Crippen molar-refractivity contribution in [2.24, 2.45) is 0 Å². The Hall–Kier alpha value is -2.62. The maximum Gasteiger partial charge on any atom is 0.172 e. The Labute approximate surface area is 128 Å². The normalized spacial score (nSPS) is 19.1. The summed E-state index contributed by atoms with van der Waals surface area (Å²) in [4.78, 5) is 12.0. The Balaban J connectivity index is 1.67. The average molecular weight is 288 g/mol. The molecule has 5 rings (SSSR count). The minimum absolute atomic E-state index is 0.355. The molecule has 22 heavy (non-hydrogen) atoms. The van der Waals surface area contributed by atoms with Crippen LogP contribution in [0.2, 0.25) is 0 Å². The lowest BCUT2D eigenvalue weighted by Gasteiger charge is -2.42. The topological polar surface area (TPSA) is 41.1 Å². The van der Waals surface area contributed by atoms with Crippen molar-refractivity contribution in [3.63, 3.8) is 0 Å².